The number of nitriles is 1. The molecular formula is C17H24N2. The number of unbranched alkanes of at least 4 members (excludes halogenated alkanes) is 1. The average molecular weight is 256 g/mol. The standard InChI is InChI=1S/C17H24N2/c1-17(15-18)10-13-19(14-11-17)12-6-5-9-16-7-3-2-4-8-16/h2-4,7-8H,5-6,9-14H2,1H3. The summed E-state index contributed by atoms with van der Waals surface area (Å²) in [6, 6.07) is 13.2. The topological polar surface area (TPSA) is 27.0 Å². The lowest BCUT2D eigenvalue weighted by atomic mass is 9.82. The van der Waals surface area contributed by atoms with Crippen LogP contribution in [0.2, 0.25) is 0 Å². The highest BCUT2D eigenvalue weighted by Gasteiger charge is 2.29. The Balaban J connectivity index is 1.61. The first kappa shape index (κ1) is 14.1. The highest BCUT2D eigenvalue weighted by Crippen LogP contribution is 2.29. The summed E-state index contributed by atoms with van der Waals surface area (Å²) in [7, 11) is 0. The van der Waals surface area contributed by atoms with E-state index in [9.17, 15) is 0 Å². The molecule has 1 saturated heterocycles. The highest BCUT2D eigenvalue weighted by molar-refractivity contribution is 5.14. The molecular weight excluding hydrogens is 232 g/mol. The molecule has 102 valence electrons. The molecule has 1 heterocycles. The molecule has 1 aromatic rings. The first-order valence-corrected chi connectivity index (χ1v) is 7.39. The van der Waals surface area contributed by atoms with Gasteiger partial charge in [-0.25, -0.2) is 0 Å². The van der Waals surface area contributed by atoms with Crippen molar-refractivity contribution in [3.8, 4) is 6.07 Å². The van der Waals surface area contributed by atoms with Crippen LogP contribution in [0.1, 0.15) is 38.2 Å². The fourth-order valence-corrected chi connectivity index (χ4v) is 2.69. The third kappa shape index (κ3) is 4.36. The van der Waals surface area contributed by atoms with Crippen molar-refractivity contribution in [1.82, 2.24) is 4.90 Å². The fraction of sp³-hybridized carbons (Fsp3) is 0.588. The van der Waals surface area contributed by atoms with E-state index in [-0.39, 0.29) is 5.41 Å². The largest absolute Gasteiger partial charge is 0.303 e. The van der Waals surface area contributed by atoms with Gasteiger partial charge in [0.2, 0.25) is 0 Å². The maximum atomic E-state index is 9.11. The summed E-state index contributed by atoms with van der Waals surface area (Å²) in [5.74, 6) is 0. The molecule has 0 spiro atoms. The summed E-state index contributed by atoms with van der Waals surface area (Å²) in [5, 5.41) is 9.11. The van der Waals surface area contributed by atoms with E-state index in [0.717, 1.165) is 25.9 Å². The molecule has 19 heavy (non-hydrogen) atoms. The smallest absolute Gasteiger partial charge is 0.0687 e. The molecule has 2 rings (SSSR count). The van der Waals surface area contributed by atoms with E-state index < -0.39 is 0 Å². The number of nitrogens with zero attached hydrogens (tertiary/aromatic N) is 2. The van der Waals surface area contributed by atoms with Crippen LogP contribution >= 0.6 is 0 Å². The van der Waals surface area contributed by atoms with Crippen molar-refractivity contribution in [3.63, 3.8) is 0 Å². The second kappa shape index (κ2) is 6.73. The first-order valence-electron chi connectivity index (χ1n) is 7.39. The third-order valence-electron chi connectivity index (χ3n) is 4.26. The van der Waals surface area contributed by atoms with Crippen LogP contribution in [0.4, 0.5) is 0 Å². The minimum Gasteiger partial charge on any atom is -0.303 e. The van der Waals surface area contributed by atoms with Crippen molar-refractivity contribution in [2.24, 2.45) is 5.41 Å². The zero-order valence-corrected chi connectivity index (χ0v) is 11.9. The molecule has 2 heteroatoms. The van der Waals surface area contributed by atoms with Crippen molar-refractivity contribution in [2.45, 2.75) is 39.0 Å². The van der Waals surface area contributed by atoms with Crippen molar-refractivity contribution in [2.75, 3.05) is 19.6 Å². The van der Waals surface area contributed by atoms with Gasteiger partial charge >= 0.3 is 0 Å². The van der Waals surface area contributed by atoms with Crippen LogP contribution in [0, 0.1) is 16.7 Å². The van der Waals surface area contributed by atoms with E-state index in [2.05, 4.69) is 48.2 Å². The summed E-state index contributed by atoms with van der Waals surface area (Å²) in [6.45, 7) is 5.47. The van der Waals surface area contributed by atoms with Crippen LogP contribution in [0.5, 0.6) is 0 Å². The van der Waals surface area contributed by atoms with Gasteiger partial charge in [-0.1, -0.05) is 30.3 Å². The number of rotatable bonds is 5. The molecule has 0 radical (unpaired) electrons. The quantitative estimate of drug-likeness (QED) is 0.752. The van der Waals surface area contributed by atoms with Gasteiger partial charge in [0.15, 0.2) is 0 Å². The Bertz CT molecular complexity index is 411. The molecule has 1 aliphatic heterocycles. The van der Waals surface area contributed by atoms with Crippen LogP contribution in [-0.4, -0.2) is 24.5 Å². The van der Waals surface area contributed by atoms with Crippen LogP contribution in [0.15, 0.2) is 30.3 Å². The molecule has 0 aliphatic carbocycles. The van der Waals surface area contributed by atoms with E-state index in [4.69, 9.17) is 5.26 Å². The summed E-state index contributed by atoms with van der Waals surface area (Å²) in [4.78, 5) is 2.52. The average Bonchev–Trinajstić information content (AvgIpc) is 2.47. The van der Waals surface area contributed by atoms with Crippen LogP contribution in [0.3, 0.4) is 0 Å². The lowest BCUT2D eigenvalue weighted by Crippen LogP contribution is -2.38. The van der Waals surface area contributed by atoms with Gasteiger partial charge in [-0.3, -0.25) is 0 Å². The van der Waals surface area contributed by atoms with Gasteiger partial charge in [0, 0.05) is 0 Å². The maximum Gasteiger partial charge on any atom is 0.0687 e. The molecule has 0 atom stereocenters. The molecule has 0 N–H and O–H groups in total. The van der Waals surface area contributed by atoms with Crippen LogP contribution in [0.25, 0.3) is 0 Å². The second-order valence-corrected chi connectivity index (χ2v) is 5.96. The molecule has 1 aliphatic rings. The summed E-state index contributed by atoms with van der Waals surface area (Å²) in [5.41, 5.74) is 1.37. The number of piperidine rings is 1. The summed E-state index contributed by atoms with van der Waals surface area (Å²) in [6.07, 6.45) is 5.77. The fourth-order valence-electron chi connectivity index (χ4n) is 2.69. The molecule has 2 nitrogen and oxygen atoms in total. The van der Waals surface area contributed by atoms with Crippen LogP contribution in [-0.2, 0) is 6.42 Å². The Morgan fingerprint density at radius 3 is 2.47 bits per heavy atom. The zero-order valence-electron chi connectivity index (χ0n) is 11.9. The number of likely N-dealkylation sites (tertiary alicyclic amines) is 1. The normalized spacial score (nSPS) is 18.9. The van der Waals surface area contributed by atoms with E-state index in [1.54, 1.807) is 0 Å². The van der Waals surface area contributed by atoms with Gasteiger partial charge in [0.1, 0.15) is 0 Å². The maximum absolute atomic E-state index is 9.11. The van der Waals surface area contributed by atoms with Crippen LogP contribution < -0.4 is 0 Å². The number of hydrogen-bond donors (Lipinski definition) is 0. The first-order chi connectivity index (χ1) is 9.22. The minimum atomic E-state index is -0.0689. The highest BCUT2D eigenvalue weighted by atomic mass is 15.1. The molecule has 0 aromatic heterocycles. The lowest BCUT2D eigenvalue weighted by molar-refractivity contribution is 0.154. The number of benzene rings is 1. The third-order valence-corrected chi connectivity index (χ3v) is 4.26. The molecule has 0 saturated carbocycles. The van der Waals surface area contributed by atoms with Crippen molar-refractivity contribution < 1.29 is 0 Å². The minimum absolute atomic E-state index is 0.0689. The van der Waals surface area contributed by atoms with E-state index in [1.165, 1.54) is 31.4 Å². The Labute approximate surface area is 117 Å². The molecule has 0 amide bonds. The molecule has 1 aromatic carbocycles. The number of aryl methyl sites for hydroxylation is 1. The van der Waals surface area contributed by atoms with Gasteiger partial charge < -0.3 is 4.90 Å². The zero-order chi connectivity index (χ0) is 13.6. The van der Waals surface area contributed by atoms with Crippen molar-refractivity contribution in [1.29, 1.82) is 5.26 Å². The van der Waals surface area contributed by atoms with Gasteiger partial charge in [0.05, 0.1) is 11.5 Å². The van der Waals surface area contributed by atoms with Crippen molar-refractivity contribution >= 4 is 0 Å². The Morgan fingerprint density at radius 1 is 1.16 bits per heavy atom. The second-order valence-electron chi connectivity index (χ2n) is 5.96. The monoisotopic (exact) mass is 256 g/mol. The molecule has 0 unspecified atom stereocenters. The summed E-state index contributed by atoms with van der Waals surface area (Å²) < 4.78 is 0. The molecule has 0 bridgehead atoms. The van der Waals surface area contributed by atoms with Crippen molar-refractivity contribution in [3.05, 3.63) is 35.9 Å². The Kier molecular flexibility index (Phi) is 4.99. The van der Waals surface area contributed by atoms with E-state index in [0.29, 0.717) is 0 Å². The van der Waals surface area contributed by atoms with E-state index in [1.807, 2.05) is 0 Å². The SMILES string of the molecule is CC1(C#N)CCN(CCCCc2ccccc2)CC1. The van der Waals surface area contributed by atoms with Gasteiger partial charge in [-0.05, 0) is 64.2 Å². The Hall–Kier alpha value is -1.33. The Morgan fingerprint density at radius 2 is 1.84 bits per heavy atom. The van der Waals surface area contributed by atoms with E-state index >= 15 is 0 Å². The molecule has 1 fully saturated rings. The predicted molar refractivity (Wildman–Crippen MR) is 78.8 cm³/mol. The van der Waals surface area contributed by atoms with Gasteiger partial charge in [-0.2, -0.15) is 5.26 Å². The number of hydrogen-bond acceptors (Lipinski definition) is 2. The lowest BCUT2D eigenvalue weighted by Gasteiger charge is -2.34. The predicted octanol–water partition coefficient (Wildman–Crippen LogP) is 3.63. The van der Waals surface area contributed by atoms with Gasteiger partial charge in [0.25, 0.3) is 0 Å². The summed E-state index contributed by atoms with van der Waals surface area (Å²) >= 11 is 0. The van der Waals surface area contributed by atoms with Gasteiger partial charge in [-0.15, -0.1) is 0 Å².